The highest BCUT2D eigenvalue weighted by atomic mass is 32.1. The lowest BCUT2D eigenvalue weighted by atomic mass is 10.3. The van der Waals surface area contributed by atoms with E-state index in [0.717, 1.165) is 58.7 Å². The van der Waals surface area contributed by atoms with Crippen molar-refractivity contribution in [2.45, 2.75) is 6.92 Å². The van der Waals surface area contributed by atoms with E-state index in [1.165, 1.54) is 0 Å². The van der Waals surface area contributed by atoms with E-state index >= 15 is 0 Å². The Morgan fingerprint density at radius 1 is 1.23 bits per heavy atom. The maximum absolute atomic E-state index is 11.9. The summed E-state index contributed by atoms with van der Waals surface area (Å²) in [5.41, 5.74) is 0.958. The lowest BCUT2D eigenvalue weighted by Gasteiger charge is -2.34. The number of benzene rings is 1. The molecule has 0 aliphatic carbocycles. The topological polar surface area (TPSA) is 57.7 Å². The number of nitrogens with zero attached hydrogens (tertiary/aromatic N) is 3. The summed E-state index contributed by atoms with van der Waals surface area (Å²) in [6, 6.07) is 10.1. The Balaban J connectivity index is 1.24. The average Bonchev–Trinajstić information content (AvgIpc) is 3.43. The highest BCUT2D eigenvalue weighted by Crippen LogP contribution is 2.34. The maximum Gasteiger partial charge on any atom is 0.244 e. The molecule has 2 aromatic heterocycles. The first kappa shape index (κ1) is 20.8. The number of amides is 1. The first-order valence-corrected chi connectivity index (χ1v) is 11.9. The summed E-state index contributed by atoms with van der Waals surface area (Å²) in [4.78, 5) is 22.6. The number of carbonyl (C=O) groups is 1. The quantitative estimate of drug-likeness (QED) is 0.539. The second-order valence-electron chi connectivity index (χ2n) is 7.00. The fourth-order valence-electron chi connectivity index (χ4n) is 3.42. The van der Waals surface area contributed by atoms with Gasteiger partial charge in [0.1, 0.15) is 11.3 Å². The van der Waals surface area contributed by atoms with Crippen LogP contribution >= 0.6 is 22.7 Å². The fourth-order valence-corrected chi connectivity index (χ4v) is 5.07. The number of ether oxygens (including phenoxy) is 1. The molecule has 3 heterocycles. The minimum Gasteiger partial charge on any atom is -0.492 e. The van der Waals surface area contributed by atoms with Crippen LogP contribution in [0.3, 0.4) is 0 Å². The Labute approximate surface area is 184 Å². The molecule has 3 aromatic rings. The minimum atomic E-state index is -0.0402. The van der Waals surface area contributed by atoms with Gasteiger partial charge in [-0.3, -0.25) is 9.69 Å². The molecule has 1 N–H and O–H groups in total. The van der Waals surface area contributed by atoms with E-state index in [1.54, 1.807) is 28.7 Å². The van der Waals surface area contributed by atoms with Crippen LogP contribution in [0.5, 0.6) is 5.75 Å². The number of fused-ring (bicyclic) bond motifs is 1. The molecule has 0 spiro atoms. The number of rotatable bonds is 8. The van der Waals surface area contributed by atoms with Gasteiger partial charge in [0.25, 0.3) is 0 Å². The van der Waals surface area contributed by atoms with Crippen molar-refractivity contribution in [1.82, 2.24) is 15.2 Å². The largest absolute Gasteiger partial charge is 0.492 e. The number of thiophene rings is 1. The summed E-state index contributed by atoms with van der Waals surface area (Å²) >= 11 is 3.35. The highest BCUT2D eigenvalue weighted by Gasteiger charge is 2.20. The molecule has 0 bridgehead atoms. The number of nitrogens with one attached hydrogen (secondary N) is 1. The SMILES string of the molecule is CCOc1cccc2sc(N3CCN(CCNC(=O)/C=C/c4cccs4)CC3)nc12. The summed E-state index contributed by atoms with van der Waals surface area (Å²) in [6.45, 7) is 7.97. The maximum atomic E-state index is 11.9. The number of thiazole rings is 1. The molecule has 8 heteroatoms. The van der Waals surface area contributed by atoms with Crippen LogP contribution in [0.15, 0.2) is 41.8 Å². The van der Waals surface area contributed by atoms with E-state index < -0.39 is 0 Å². The van der Waals surface area contributed by atoms with Gasteiger partial charge in [0.05, 0.1) is 11.3 Å². The molecule has 1 saturated heterocycles. The number of anilines is 1. The molecule has 4 rings (SSSR count). The molecule has 30 heavy (non-hydrogen) atoms. The van der Waals surface area contributed by atoms with Crippen LogP contribution in [0.4, 0.5) is 5.13 Å². The van der Waals surface area contributed by atoms with E-state index in [9.17, 15) is 4.79 Å². The zero-order valence-electron chi connectivity index (χ0n) is 17.0. The van der Waals surface area contributed by atoms with Gasteiger partial charge in [-0.25, -0.2) is 4.98 Å². The molecule has 1 aromatic carbocycles. The van der Waals surface area contributed by atoms with E-state index in [-0.39, 0.29) is 5.91 Å². The van der Waals surface area contributed by atoms with Crippen molar-refractivity contribution < 1.29 is 9.53 Å². The number of hydrogen-bond donors (Lipinski definition) is 1. The van der Waals surface area contributed by atoms with E-state index in [0.29, 0.717) is 13.2 Å². The van der Waals surface area contributed by atoms with Crippen molar-refractivity contribution in [1.29, 1.82) is 0 Å². The van der Waals surface area contributed by atoms with Crippen molar-refractivity contribution >= 4 is 50.0 Å². The number of para-hydroxylation sites is 1. The van der Waals surface area contributed by atoms with Gasteiger partial charge in [-0.1, -0.05) is 23.5 Å². The molecular weight excluding hydrogens is 416 g/mol. The number of aromatic nitrogens is 1. The third kappa shape index (κ3) is 5.19. The first-order valence-electron chi connectivity index (χ1n) is 10.2. The predicted octanol–water partition coefficient (Wildman–Crippen LogP) is 3.71. The normalized spacial score (nSPS) is 15.2. The van der Waals surface area contributed by atoms with E-state index in [4.69, 9.17) is 9.72 Å². The molecule has 0 radical (unpaired) electrons. The predicted molar refractivity (Wildman–Crippen MR) is 126 cm³/mol. The van der Waals surface area contributed by atoms with E-state index in [2.05, 4.69) is 21.2 Å². The van der Waals surface area contributed by atoms with Gasteiger partial charge in [-0.05, 0) is 36.6 Å². The summed E-state index contributed by atoms with van der Waals surface area (Å²) in [5, 5.41) is 6.03. The van der Waals surface area contributed by atoms with Crippen molar-refractivity contribution in [3.8, 4) is 5.75 Å². The van der Waals surface area contributed by atoms with Crippen LogP contribution in [0.25, 0.3) is 16.3 Å². The lowest BCUT2D eigenvalue weighted by molar-refractivity contribution is -0.116. The second kappa shape index (κ2) is 10.1. The minimum absolute atomic E-state index is 0.0402. The first-order chi connectivity index (χ1) is 14.7. The van der Waals surface area contributed by atoms with Gasteiger partial charge in [-0.2, -0.15) is 0 Å². The average molecular weight is 443 g/mol. The Bertz CT molecular complexity index is 992. The molecule has 0 saturated carbocycles. The second-order valence-corrected chi connectivity index (χ2v) is 8.99. The molecular formula is C22H26N4O2S2. The highest BCUT2D eigenvalue weighted by molar-refractivity contribution is 7.22. The van der Waals surface area contributed by atoms with Crippen LogP contribution in [0, 0.1) is 0 Å². The third-order valence-electron chi connectivity index (χ3n) is 4.98. The van der Waals surface area contributed by atoms with Crippen LogP contribution in [0.1, 0.15) is 11.8 Å². The summed E-state index contributed by atoms with van der Waals surface area (Å²) in [5.74, 6) is 0.821. The van der Waals surface area contributed by atoms with Gasteiger partial charge in [-0.15, -0.1) is 11.3 Å². The number of carbonyl (C=O) groups excluding carboxylic acids is 1. The number of piperazine rings is 1. The molecule has 1 aliphatic heterocycles. The molecule has 6 nitrogen and oxygen atoms in total. The third-order valence-corrected chi connectivity index (χ3v) is 6.90. The Morgan fingerprint density at radius 2 is 2.10 bits per heavy atom. The van der Waals surface area contributed by atoms with Crippen LogP contribution in [-0.4, -0.2) is 61.7 Å². The Kier molecular flexibility index (Phi) is 6.99. The summed E-state index contributed by atoms with van der Waals surface area (Å²) in [7, 11) is 0. The summed E-state index contributed by atoms with van der Waals surface area (Å²) < 4.78 is 6.88. The Hall–Kier alpha value is -2.42. The zero-order valence-corrected chi connectivity index (χ0v) is 18.7. The van der Waals surface area contributed by atoms with Gasteiger partial charge >= 0.3 is 0 Å². The van der Waals surface area contributed by atoms with Crippen molar-refractivity contribution in [3.63, 3.8) is 0 Å². The molecule has 0 unspecified atom stereocenters. The Morgan fingerprint density at radius 3 is 2.87 bits per heavy atom. The van der Waals surface area contributed by atoms with Gasteiger partial charge in [0.15, 0.2) is 5.13 Å². The van der Waals surface area contributed by atoms with Crippen LogP contribution in [-0.2, 0) is 4.79 Å². The lowest BCUT2D eigenvalue weighted by Crippen LogP contribution is -2.48. The van der Waals surface area contributed by atoms with Crippen molar-refractivity contribution in [2.24, 2.45) is 0 Å². The monoisotopic (exact) mass is 442 g/mol. The summed E-state index contributed by atoms with van der Waals surface area (Å²) in [6.07, 6.45) is 3.46. The van der Waals surface area contributed by atoms with Crippen molar-refractivity contribution in [3.05, 3.63) is 46.7 Å². The molecule has 1 aliphatic rings. The number of hydrogen-bond acceptors (Lipinski definition) is 7. The molecule has 1 amide bonds. The van der Waals surface area contributed by atoms with E-state index in [1.807, 2.05) is 42.6 Å². The van der Waals surface area contributed by atoms with Gasteiger partial charge < -0.3 is 15.0 Å². The van der Waals surface area contributed by atoms with Crippen molar-refractivity contribution in [2.75, 3.05) is 50.8 Å². The molecule has 158 valence electrons. The standard InChI is InChI=1S/C22H26N4O2S2/c1-2-28-18-6-3-7-19-21(18)24-22(30-19)26-14-12-25(13-15-26)11-10-23-20(27)9-8-17-5-4-16-29-17/h3-9,16H,2,10-15H2,1H3,(H,23,27)/b9-8+. The van der Waals surface area contributed by atoms with Crippen LogP contribution < -0.4 is 15.0 Å². The smallest absolute Gasteiger partial charge is 0.244 e. The van der Waals surface area contributed by atoms with Gasteiger partial charge in [0.2, 0.25) is 5.91 Å². The van der Waals surface area contributed by atoms with Gasteiger partial charge in [0, 0.05) is 50.2 Å². The van der Waals surface area contributed by atoms with Crippen LogP contribution in [0.2, 0.25) is 0 Å². The fraction of sp³-hybridized carbons (Fsp3) is 0.364. The zero-order chi connectivity index (χ0) is 20.8. The molecule has 1 fully saturated rings. The molecule has 0 atom stereocenters.